The van der Waals surface area contributed by atoms with E-state index in [1.54, 1.807) is 4.90 Å². The summed E-state index contributed by atoms with van der Waals surface area (Å²) in [4.78, 5) is 14.4. The van der Waals surface area contributed by atoms with E-state index in [2.05, 4.69) is 5.32 Å². The van der Waals surface area contributed by atoms with E-state index in [9.17, 15) is 9.18 Å². The van der Waals surface area contributed by atoms with Crippen LogP contribution in [-0.2, 0) is 0 Å². The molecular formula is C20H20ClFN2O3. The molecule has 0 saturated carbocycles. The van der Waals surface area contributed by atoms with Gasteiger partial charge in [0.2, 0.25) is 0 Å². The Hall–Kier alpha value is -2.47. The summed E-state index contributed by atoms with van der Waals surface area (Å²) in [6.07, 6.45) is 1.77. The summed E-state index contributed by atoms with van der Waals surface area (Å²) in [5.41, 5.74) is 0.926. The third-order valence-electron chi connectivity index (χ3n) is 4.78. The Labute approximate surface area is 162 Å². The van der Waals surface area contributed by atoms with Crippen molar-refractivity contribution < 1.29 is 18.7 Å². The number of benzene rings is 2. The van der Waals surface area contributed by atoms with Gasteiger partial charge in [-0.25, -0.2) is 4.39 Å². The number of ether oxygens (including phenoxy) is 2. The van der Waals surface area contributed by atoms with Crippen molar-refractivity contribution in [1.29, 1.82) is 0 Å². The van der Waals surface area contributed by atoms with Crippen molar-refractivity contribution in [3.05, 3.63) is 52.8 Å². The molecule has 4 rings (SSSR count). The maximum atomic E-state index is 14.0. The van der Waals surface area contributed by atoms with Gasteiger partial charge in [-0.3, -0.25) is 4.79 Å². The summed E-state index contributed by atoms with van der Waals surface area (Å²) in [5, 5.41) is 3.79. The van der Waals surface area contributed by atoms with Gasteiger partial charge in [0.25, 0.3) is 5.91 Å². The molecule has 2 aromatic rings. The topological polar surface area (TPSA) is 50.8 Å². The fourth-order valence-corrected chi connectivity index (χ4v) is 3.65. The highest BCUT2D eigenvalue weighted by atomic mass is 35.5. The lowest BCUT2D eigenvalue weighted by Gasteiger charge is -2.34. The highest BCUT2D eigenvalue weighted by Gasteiger charge is 2.26. The molecule has 0 aliphatic carbocycles. The zero-order chi connectivity index (χ0) is 18.8. The molecule has 1 amide bonds. The second-order valence-corrected chi connectivity index (χ2v) is 7.15. The van der Waals surface area contributed by atoms with Gasteiger partial charge in [0.15, 0.2) is 11.5 Å². The van der Waals surface area contributed by atoms with Crippen LogP contribution in [0.5, 0.6) is 11.5 Å². The quantitative estimate of drug-likeness (QED) is 0.861. The number of carbonyl (C=O) groups excluding carboxylic acids is 1. The minimum atomic E-state index is -0.550. The monoisotopic (exact) mass is 390 g/mol. The molecule has 2 aromatic carbocycles. The summed E-state index contributed by atoms with van der Waals surface area (Å²) < 4.78 is 25.2. The Kier molecular flexibility index (Phi) is 5.07. The maximum absolute atomic E-state index is 14.0. The number of halogens is 2. The predicted octanol–water partition coefficient (Wildman–Crippen LogP) is 3.97. The van der Waals surface area contributed by atoms with Crippen LogP contribution in [0.15, 0.2) is 36.4 Å². The molecule has 5 nitrogen and oxygen atoms in total. The Morgan fingerprint density at radius 3 is 2.81 bits per heavy atom. The lowest BCUT2D eigenvalue weighted by Crippen LogP contribution is -2.45. The lowest BCUT2D eigenvalue weighted by molar-refractivity contribution is 0.0710. The summed E-state index contributed by atoms with van der Waals surface area (Å²) in [5.74, 6) is 0.578. The number of likely N-dealkylation sites (tertiary alicyclic amines) is 1. The van der Waals surface area contributed by atoms with E-state index in [1.165, 1.54) is 18.2 Å². The van der Waals surface area contributed by atoms with E-state index in [4.69, 9.17) is 21.1 Å². The van der Waals surface area contributed by atoms with Crippen molar-refractivity contribution in [2.75, 3.05) is 31.6 Å². The number of hydrogen-bond donors (Lipinski definition) is 1. The zero-order valence-corrected chi connectivity index (χ0v) is 15.5. The number of anilines is 1. The second-order valence-electron chi connectivity index (χ2n) is 6.72. The molecule has 0 aromatic heterocycles. The summed E-state index contributed by atoms with van der Waals surface area (Å²) in [7, 11) is 0. The zero-order valence-electron chi connectivity index (χ0n) is 14.7. The number of nitrogens with one attached hydrogen (secondary N) is 1. The Morgan fingerprint density at radius 2 is 1.96 bits per heavy atom. The van der Waals surface area contributed by atoms with Crippen molar-refractivity contribution in [2.45, 2.75) is 18.9 Å². The molecule has 0 bridgehead atoms. The first-order valence-electron chi connectivity index (χ1n) is 9.00. The first kappa shape index (κ1) is 17.9. The van der Waals surface area contributed by atoms with Crippen LogP contribution in [0.3, 0.4) is 0 Å². The van der Waals surface area contributed by atoms with Crippen LogP contribution in [-0.4, -0.2) is 43.2 Å². The van der Waals surface area contributed by atoms with Crippen LogP contribution in [0, 0.1) is 5.82 Å². The first-order chi connectivity index (χ1) is 13.1. The number of nitrogens with zero attached hydrogens (tertiary/aromatic N) is 1. The van der Waals surface area contributed by atoms with Crippen molar-refractivity contribution in [2.24, 2.45) is 0 Å². The third kappa shape index (κ3) is 3.95. The SMILES string of the molecule is O=C(c1cc(Cl)ccc1F)N1CCC[C@H](Nc2ccc3c(c2)OCCO3)C1. The molecular weight excluding hydrogens is 371 g/mol. The molecule has 1 fully saturated rings. The molecule has 1 atom stereocenters. The van der Waals surface area contributed by atoms with Crippen LogP contribution < -0.4 is 14.8 Å². The Morgan fingerprint density at radius 1 is 1.15 bits per heavy atom. The van der Waals surface area contributed by atoms with E-state index in [0.717, 1.165) is 30.0 Å². The van der Waals surface area contributed by atoms with Crippen LogP contribution in [0.4, 0.5) is 10.1 Å². The fraction of sp³-hybridized carbons (Fsp3) is 0.350. The van der Waals surface area contributed by atoms with Gasteiger partial charge >= 0.3 is 0 Å². The first-order valence-corrected chi connectivity index (χ1v) is 9.38. The van der Waals surface area contributed by atoms with Crippen molar-refractivity contribution in [3.63, 3.8) is 0 Å². The minimum Gasteiger partial charge on any atom is -0.486 e. The normalized spacial score (nSPS) is 18.9. The van der Waals surface area contributed by atoms with Gasteiger partial charge in [0.1, 0.15) is 19.0 Å². The fourth-order valence-electron chi connectivity index (χ4n) is 3.48. The van der Waals surface area contributed by atoms with Gasteiger partial charge in [0, 0.05) is 35.9 Å². The summed E-state index contributed by atoms with van der Waals surface area (Å²) in [6, 6.07) is 9.85. The standard InChI is InChI=1S/C20H20ClFN2O3/c21-13-3-5-17(22)16(10-13)20(25)24-7-1-2-15(12-24)23-14-4-6-18-19(11-14)27-9-8-26-18/h3-6,10-11,15,23H,1-2,7-9,12H2/t15-/m0/s1. The molecule has 0 unspecified atom stereocenters. The molecule has 2 aliphatic heterocycles. The van der Waals surface area contributed by atoms with Gasteiger partial charge in [0.05, 0.1) is 5.56 Å². The number of hydrogen-bond acceptors (Lipinski definition) is 4. The van der Waals surface area contributed by atoms with E-state index in [-0.39, 0.29) is 17.5 Å². The molecule has 1 saturated heterocycles. The number of fused-ring (bicyclic) bond motifs is 1. The van der Waals surface area contributed by atoms with Crippen molar-refractivity contribution in [3.8, 4) is 11.5 Å². The van der Waals surface area contributed by atoms with Crippen LogP contribution >= 0.6 is 11.6 Å². The number of piperidine rings is 1. The van der Waals surface area contributed by atoms with E-state index in [0.29, 0.717) is 31.3 Å². The molecule has 27 heavy (non-hydrogen) atoms. The second kappa shape index (κ2) is 7.64. The summed E-state index contributed by atoms with van der Waals surface area (Å²) >= 11 is 5.92. The average Bonchev–Trinajstić information content (AvgIpc) is 2.69. The molecule has 2 aliphatic rings. The van der Waals surface area contributed by atoms with Gasteiger partial charge in [-0.2, -0.15) is 0 Å². The van der Waals surface area contributed by atoms with Crippen molar-refractivity contribution in [1.82, 2.24) is 4.90 Å². The van der Waals surface area contributed by atoms with Crippen LogP contribution in [0.1, 0.15) is 23.2 Å². The van der Waals surface area contributed by atoms with Crippen LogP contribution in [0.25, 0.3) is 0 Å². The summed E-state index contributed by atoms with van der Waals surface area (Å²) in [6.45, 7) is 2.19. The Balaban J connectivity index is 1.45. The highest BCUT2D eigenvalue weighted by Crippen LogP contribution is 2.33. The van der Waals surface area contributed by atoms with E-state index < -0.39 is 5.82 Å². The molecule has 7 heteroatoms. The molecule has 0 radical (unpaired) electrons. The third-order valence-corrected chi connectivity index (χ3v) is 5.02. The predicted molar refractivity (Wildman–Crippen MR) is 101 cm³/mol. The van der Waals surface area contributed by atoms with Gasteiger partial charge in [-0.15, -0.1) is 0 Å². The lowest BCUT2D eigenvalue weighted by atomic mass is 10.0. The van der Waals surface area contributed by atoms with Gasteiger partial charge in [-0.05, 0) is 43.2 Å². The smallest absolute Gasteiger partial charge is 0.256 e. The van der Waals surface area contributed by atoms with E-state index >= 15 is 0 Å². The molecule has 0 spiro atoms. The van der Waals surface area contributed by atoms with Gasteiger partial charge in [-0.1, -0.05) is 11.6 Å². The maximum Gasteiger partial charge on any atom is 0.256 e. The highest BCUT2D eigenvalue weighted by molar-refractivity contribution is 6.31. The number of rotatable bonds is 3. The van der Waals surface area contributed by atoms with Crippen LogP contribution in [0.2, 0.25) is 5.02 Å². The van der Waals surface area contributed by atoms with E-state index in [1.807, 2.05) is 18.2 Å². The Bertz CT molecular complexity index is 861. The van der Waals surface area contributed by atoms with Crippen molar-refractivity contribution >= 4 is 23.2 Å². The number of amides is 1. The molecule has 1 N–H and O–H groups in total. The number of carbonyl (C=O) groups is 1. The largest absolute Gasteiger partial charge is 0.486 e. The van der Waals surface area contributed by atoms with Gasteiger partial charge < -0.3 is 19.7 Å². The average molecular weight is 391 g/mol. The molecule has 142 valence electrons. The molecule has 2 heterocycles. The minimum absolute atomic E-state index is 0.0162.